The molecule has 25 heavy (non-hydrogen) atoms. The number of hydrogen-bond donors (Lipinski definition) is 0. The van der Waals surface area contributed by atoms with Gasteiger partial charge < -0.3 is 4.57 Å². The van der Waals surface area contributed by atoms with E-state index in [2.05, 4.69) is 4.57 Å². The van der Waals surface area contributed by atoms with Crippen LogP contribution in [0.3, 0.4) is 0 Å². The SMILES string of the molecule is O=C(c1ccccc1)c1cn(Cc2ccccc2Cl)c2ccccc12. The molecular formula is C22H16ClNO. The third-order valence-electron chi connectivity index (χ3n) is 4.37. The molecule has 0 N–H and O–H groups in total. The molecule has 0 bridgehead atoms. The molecule has 1 heterocycles. The lowest BCUT2D eigenvalue weighted by Gasteiger charge is -2.07. The van der Waals surface area contributed by atoms with Gasteiger partial charge in [0.15, 0.2) is 5.78 Å². The van der Waals surface area contributed by atoms with Gasteiger partial charge in [-0.05, 0) is 17.7 Å². The van der Waals surface area contributed by atoms with Gasteiger partial charge in [0.25, 0.3) is 0 Å². The van der Waals surface area contributed by atoms with Gasteiger partial charge in [0.05, 0.1) is 0 Å². The summed E-state index contributed by atoms with van der Waals surface area (Å²) in [4.78, 5) is 13.0. The third kappa shape index (κ3) is 2.97. The quantitative estimate of drug-likeness (QED) is 0.443. The Morgan fingerprint density at radius 2 is 1.52 bits per heavy atom. The summed E-state index contributed by atoms with van der Waals surface area (Å²) in [7, 11) is 0. The average molecular weight is 346 g/mol. The summed E-state index contributed by atoms with van der Waals surface area (Å²) in [5.41, 5.74) is 3.47. The Morgan fingerprint density at radius 3 is 2.32 bits per heavy atom. The van der Waals surface area contributed by atoms with Crippen molar-refractivity contribution in [2.75, 3.05) is 0 Å². The molecule has 3 aromatic carbocycles. The second kappa shape index (κ2) is 6.58. The van der Waals surface area contributed by atoms with Crippen LogP contribution in [0.25, 0.3) is 10.9 Å². The van der Waals surface area contributed by atoms with Crippen LogP contribution >= 0.6 is 11.6 Å². The largest absolute Gasteiger partial charge is 0.342 e. The summed E-state index contributed by atoms with van der Waals surface area (Å²) < 4.78 is 2.09. The minimum Gasteiger partial charge on any atom is -0.342 e. The van der Waals surface area contributed by atoms with Gasteiger partial charge in [-0.2, -0.15) is 0 Å². The van der Waals surface area contributed by atoms with Crippen LogP contribution in [-0.4, -0.2) is 10.4 Å². The summed E-state index contributed by atoms with van der Waals surface area (Å²) in [5.74, 6) is 0.0368. The smallest absolute Gasteiger partial charge is 0.195 e. The highest BCUT2D eigenvalue weighted by molar-refractivity contribution is 6.31. The Bertz CT molecular complexity index is 1050. The van der Waals surface area contributed by atoms with E-state index in [0.717, 1.165) is 21.5 Å². The fourth-order valence-electron chi connectivity index (χ4n) is 3.11. The molecule has 1 aromatic heterocycles. The molecule has 122 valence electrons. The van der Waals surface area contributed by atoms with Gasteiger partial charge in [-0.3, -0.25) is 4.79 Å². The number of benzene rings is 3. The average Bonchev–Trinajstić information content (AvgIpc) is 3.02. The molecule has 0 aliphatic carbocycles. The maximum atomic E-state index is 13.0. The van der Waals surface area contributed by atoms with Crippen LogP contribution in [0.1, 0.15) is 21.5 Å². The number of hydrogen-bond acceptors (Lipinski definition) is 1. The first-order chi connectivity index (χ1) is 12.2. The van der Waals surface area contributed by atoms with Crippen LogP contribution in [0.15, 0.2) is 85.1 Å². The van der Waals surface area contributed by atoms with Crippen molar-refractivity contribution in [1.82, 2.24) is 4.57 Å². The molecule has 0 saturated heterocycles. The predicted octanol–water partition coefficient (Wildman–Crippen LogP) is 5.57. The molecule has 0 radical (unpaired) electrons. The van der Waals surface area contributed by atoms with E-state index in [9.17, 15) is 4.79 Å². The maximum absolute atomic E-state index is 13.0. The highest BCUT2D eigenvalue weighted by Gasteiger charge is 2.16. The van der Waals surface area contributed by atoms with E-state index in [4.69, 9.17) is 11.6 Å². The van der Waals surface area contributed by atoms with E-state index < -0.39 is 0 Å². The second-order valence-electron chi connectivity index (χ2n) is 5.97. The second-order valence-corrected chi connectivity index (χ2v) is 6.38. The van der Waals surface area contributed by atoms with Gasteiger partial charge in [0, 0.05) is 39.8 Å². The van der Waals surface area contributed by atoms with E-state index in [1.54, 1.807) is 0 Å². The lowest BCUT2D eigenvalue weighted by atomic mass is 10.0. The third-order valence-corrected chi connectivity index (χ3v) is 4.74. The lowest BCUT2D eigenvalue weighted by molar-refractivity contribution is 0.104. The molecule has 0 unspecified atom stereocenters. The van der Waals surface area contributed by atoms with Crippen molar-refractivity contribution in [2.45, 2.75) is 6.54 Å². The highest BCUT2D eigenvalue weighted by Crippen LogP contribution is 2.26. The minimum atomic E-state index is 0.0368. The Kier molecular flexibility index (Phi) is 4.12. The highest BCUT2D eigenvalue weighted by atomic mass is 35.5. The van der Waals surface area contributed by atoms with Gasteiger partial charge in [0.1, 0.15) is 0 Å². The maximum Gasteiger partial charge on any atom is 0.195 e. The standard InChI is InChI=1S/C22H16ClNO/c23-20-12-6-4-10-17(20)14-24-15-19(18-11-5-7-13-21(18)24)22(25)16-8-2-1-3-9-16/h1-13,15H,14H2. The first kappa shape index (κ1) is 15.7. The van der Waals surface area contributed by atoms with E-state index in [1.165, 1.54) is 0 Å². The Hall–Kier alpha value is -2.84. The van der Waals surface area contributed by atoms with Crippen LogP contribution in [-0.2, 0) is 6.54 Å². The minimum absolute atomic E-state index is 0.0368. The molecule has 2 nitrogen and oxygen atoms in total. The summed E-state index contributed by atoms with van der Waals surface area (Å²) in [6, 6.07) is 25.2. The fourth-order valence-corrected chi connectivity index (χ4v) is 3.31. The van der Waals surface area contributed by atoms with Crippen LogP contribution in [0.4, 0.5) is 0 Å². The van der Waals surface area contributed by atoms with Crippen LogP contribution in [0, 0.1) is 0 Å². The van der Waals surface area contributed by atoms with E-state index in [1.807, 2.05) is 85.1 Å². The number of carbonyl (C=O) groups is 1. The zero-order valence-corrected chi connectivity index (χ0v) is 14.3. The Morgan fingerprint density at radius 1 is 0.840 bits per heavy atom. The number of fused-ring (bicyclic) bond motifs is 1. The van der Waals surface area contributed by atoms with E-state index in [0.29, 0.717) is 17.7 Å². The normalized spacial score (nSPS) is 10.9. The van der Waals surface area contributed by atoms with Crippen molar-refractivity contribution in [3.8, 4) is 0 Å². The molecule has 0 fully saturated rings. The van der Waals surface area contributed by atoms with Crippen LogP contribution in [0.5, 0.6) is 0 Å². The molecule has 0 spiro atoms. The van der Waals surface area contributed by atoms with Gasteiger partial charge in [-0.15, -0.1) is 0 Å². The lowest BCUT2D eigenvalue weighted by Crippen LogP contribution is -2.01. The van der Waals surface area contributed by atoms with E-state index in [-0.39, 0.29) is 5.78 Å². The van der Waals surface area contributed by atoms with Crippen LogP contribution < -0.4 is 0 Å². The number of carbonyl (C=O) groups excluding carboxylic acids is 1. The Balaban J connectivity index is 1.82. The molecule has 0 saturated carbocycles. The van der Waals surface area contributed by atoms with Crippen molar-refractivity contribution in [1.29, 1.82) is 0 Å². The number of halogens is 1. The summed E-state index contributed by atoms with van der Waals surface area (Å²) in [5, 5.41) is 1.69. The number of rotatable bonds is 4. The molecule has 4 aromatic rings. The number of para-hydroxylation sites is 1. The van der Waals surface area contributed by atoms with Crippen molar-refractivity contribution >= 4 is 28.3 Å². The molecule has 0 atom stereocenters. The monoisotopic (exact) mass is 345 g/mol. The predicted molar refractivity (Wildman–Crippen MR) is 102 cm³/mol. The van der Waals surface area contributed by atoms with Gasteiger partial charge in [-0.25, -0.2) is 0 Å². The van der Waals surface area contributed by atoms with Crippen molar-refractivity contribution in [3.05, 3.63) is 107 Å². The van der Waals surface area contributed by atoms with Gasteiger partial charge in [0.2, 0.25) is 0 Å². The topological polar surface area (TPSA) is 22.0 Å². The molecule has 4 rings (SSSR count). The molecule has 0 amide bonds. The van der Waals surface area contributed by atoms with Crippen LogP contribution in [0.2, 0.25) is 5.02 Å². The molecular weight excluding hydrogens is 330 g/mol. The molecule has 3 heteroatoms. The Labute approximate surface area is 151 Å². The summed E-state index contributed by atoms with van der Waals surface area (Å²) in [6.07, 6.45) is 1.93. The van der Waals surface area contributed by atoms with Crippen molar-refractivity contribution in [3.63, 3.8) is 0 Å². The van der Waals surface area contributed by atoms with Gasteiger partial charge >= 0.3 is 0 Å². The number of ketones is 1. The molecule has 0 aliphatic rings. The summed E-state index contributed by atoms with van der Waals surface area (Å²) >= 11 is 6.31. The van der Waals surface area contributed by atoms with E-state index >= 15 is 0 Å². The van der Waals surface area contributed by atoms with Crippen molar-refractivity contribution in [2.24, 2.45) is 0 Å². The zero-order valence-electron chi connectivity index (χ0n) is 13.5. The fraction of sp³-hybridized carbons (Fsp3) is 0.0455. The number of aromatic nitrogens is 1. The van der Waals surface area contributed by atoms with Crippen molar-refractivity contribution < 1.29 is 4.79 Å². The first-order valence-electron chi connectivity index (χ1n) is 8.15. The van der Waals surface area contributed by atoms with Gasteiger partial charge in [-0.1, -0.05) is 78.3 Å². The molecule has 0 aliphatic heterocycles. The zero-order chi connectivity index (χ0) is 17.2. The summed E-state index contributed by atoms with van der Waals surface area (Å²) in [6.45, 7) is 0.627. The number of nitrogens with zero attached hydrogens (tertiary/aromatic N) is 1. The first-order valence-corrected chi connectivity index (χ1v) is 8.53.